The lowest BCUT2D eigenvalue weighted by Crippen LogP contribution is -2.31. The van der Waals surface area contributed by atoms with Crippen LogP contribution < -0.4 is 9.47 Å². The summed E-state index contributed by atoms with van der Waals surface area (Å²) in [5.74, 6) is 1.37. The predicted molar refractivity (Wildman–Crippen MR) is 64.2 cm³/mol. The van der Waals surface area contributed by atoms with E-state index in [4.69, 9.17) is 0 Å². The Morgan fingerprint density at radius 3 is 2.94 bits per heavy atom. The molecular weight excluding hydrogens is 216 g/mol. The number of anilines is 2. The molecule has 16 heavy (non-hydrogen) atoms. The Balaban J connectivity index is 2.01. The third-order valence-corrected chi connectivity index (χ3v) is 4.31. The highest BCUT2D eigenvalue weighted by atomic mass is 32.2. The fraction of sp³-hybridized carbons (Fsp3) is 0.154. The lowest BCUT2D eigenvalue weighted by atomic mass is 10.3. The SMILES string of the molecule is c1ccc2c(c1)Sc1ccc[n+]3c1N2CC3. The second-order valence-electron chi connectivity index (χ2n) is 4.11. The van der Waals surface area contributed by atoms with E-state index in [-0.39, 0.29) is 0 Å². The van der Waals surface area contributed by atoms with Crippen LogP contribution in [0.5, 0.6) is 0 Å². The van der Waals surface area contributed by atoms with Crippen molar-refractivity contribution in [2.24, 2.45) is 0 Å². The Morgan fingerprint density at radius 1 is 1.06 bits per heavy atom. The van der Waals surface area contributed by atoms with Crippen LogP contribution in [0.3, 0.4) is 0 Å². The van der Waals surface area contributed by atoms with Crippen molar-refractivity contribution < 1.29 is 4.57 Å². The number of aromatic nitrogens is 1. The first-order valence-corrected chi connectivity index (χ1v) is 6.32. The van der Waals surface area contributed by atoms with Gasteiger partial charge in [0.25, 0.3) is 5.82 Å². The Hall–Kier alpha value is -1.48. The number of nitrogens with zero attached hydrogens (tertiary/aromatic N) is 2. The van der Waals surface area contributed by atoms with E-state index in [1.54, 1.807) is 0 Å². The first-order chi connectivity index (χ1) is 7.93. The van der Waals surface area contributed by atoms with Crippen LogP contribution in [-0.4, -0.2) is 6.54 Å². The third-order valence-electron chi connectivity index (χ3n) is 3.20. The maximum atomic E-state index is 2.43. The van der Waals surface area contributed by atoms with Gasteiger partial charge in [-0.3, -0.25) is 0 Å². The van der Waals surface area contributed by atoms with Crippen molar-refractivity contribution in [3.63, 3.8) is 0 Å². The minimum Gasteiger partial charge on any atom is -0.229 e. The van der Waals surface area contributed by atoms with E-state index in [1.165, 1.54) is 21.3 Å². The number of rotatable bonds is 0. The zero-order valence-electron chi connectivity index (χ0n) is 8.76. The standard InChI is InChI=1S/C13H11N2S/c1-2-5-11-10(4-1)15-9-8-14-7-3-6-12(16-11)13(14)15/h1-7H,8-9H2/q+1. The molecule has 1 aromatic carbocycles. The van der Waals surface area contributed by atoms with E-state index >= 15 is 0 Å². The van der Waals surface area contributed by atoms with Crippen LogP contribution in [0.15, 0.2) is 52.4 Å². The van der Waals surface area contributed by atoms with Crippen molar-refractivity contribution in [3.05, 3.63) is 42.6 Å². The fourth-order valence-electron chi connectivity index (χ4n) is 2.50. The van der Waals surface area contributed by atoms with Gasteiger partial charge in [-0.25, -0.2) is 9.47 Å². The van der Waals surface area contributed by atoms with Gasteiger partial charge in [-0.15, -0.1) is 0 Å². The highest BCUT2D eigenvalue weighted by molar-refractivity contribution is 7.99. The van der Waals surface area contributed by atoms with Gasteiger partial charge in [0.1, 0.15) is 23.7 Å². The number of pyridine rings is 1. The maximum Gasteiger partial charge on any atom is 0.296 e. The molecule has 2 aliphatic rings. The van der Waals surface area contributed by atoms with Crippen molar-refractivity contribution in [2.75, 3.05) is 11.4 Å². The summed E-state index contributed by atoms with van der Waals surface area (Å²) in [4.78, 5) is 5.18. The van der Waals surface area contributed by atoms with Crippen LogP contribution in [0.1, 0.15) is 0 Å². The zero-order chi connectivity index (χ0) is 10.5. The first-order valence-electron chi connectivity index (χ1n) is 5.50. The van der Waals surface area contributed by atoms with E-state index in [0.29, 0.717) is 0 Å². The Bertz CT molecular complexity index is 580. The molecule has 0 atom stereocenters. The van der Waals surface area contributed by atoms with E-state index in [0.717, 1.165) is 13.1 Å². The molecule has 3 heterocycles. The summed E-state index contributed by atoms with van der Waals surface area (Å²) < 4.78 is 2.35. The molecule has 0 radical (unpaired) electrons. The van der Waals surface area contributed by atoms with Crippen LogP contribution in [0, 0.1) is 0 Å². The molecule has 0 unspecified atom stereocenters. The van der Waals surface area contributed by atoms with Crippen molar-refractivity contribution in [2.45, 2.75) is 16.3 Å². The Labute approximate surface area is 98.5 Å². The van der Waals surface area contributed by atoms with Gasteiger partial charge >= 0.3 is 0 Å². The summed E-state index contributed by atoms with van der Waals surface area (Å²) in [6.45, 7) is 2.19. The molecule has 0 saturated carbocycles. The molecule has 4 rings (SSSR count). The van der Waals surface area contributed by atoms with Gasteiger partial charge < -0.3 is 0 Å². The minimum absolute atomic E-state index is 1.09. The Kier molecular flexibility index (Phi) is 1.63. The monoisotopic (exact) mass is 227 g/mol. The van der Waals surface area contributed by atoms with Crippen molar-refractivity contribution >= 4 is 23.3 Å². The van der Waals surface area contributed by atoms with Crippen molar-refractivity contribution in [1.29, 1.82) is 0 Å². The van der Waals surface area contributed by atoms with E-state index in [2.05, 4.69) is 52.1 Å². The molecule has 2 aromatic rings. The molecule has 0 fully saturated rings. The van der Waals surface area contributed by atoms with Gasteiger partial charge in [-0.05, 0) is 24.3 Å². The molecule has 0 aliphatic carbocycles. The molecule has 78 valence electrons. The molecule has 0 N–H and O–H groups in total. The smallest absolute Gasteiger partial charge is 0.229 e. The normalized spacial score (nSPS) is 15.9. The lowest BCUT2D eigenvalue weighted by Gasteiger charge is -2.20. The Morgan fingerprint density at radius 2 is 1.94 bits per heavy atom. The van der Waals surface area contributed by atoms with Gasteiger partial charge in [0.2, 0.25) is 0 Å². The van der Waals surface area contributed by atoms with Crippen LogP contribution in [0.4, 0.5) is 11.5 Å². The molecule has 2 aliphatic heterocycles. The van der Waals surface area contributed by atoms with E-state index in [9.17, 15) is 0 Å². The summed E-state index contributed by atoms with van der Waals surface area (Å²) in [6, 6.07) is 13.0. The second kappa shape index (κ2) is 3.01. The van der Waals surface area contributed by atoms with Gasteiger partial charge in [0.15, 0.2) is 0 Å². The highest BCUT2D eigenvalue weighted by Crippen LogP contribution is 2.47. The minimum atomic E-state index is 1.09. The summed E-state index contributed by atoms with van der Waals surface area (Å²) in [5, 5.41) is 0. The van der Waals surface area contributed by atoms with Gasteiger partial charge in [-0.1, -0.05) is 23.9 Å². The molecule has 0 bridgehead atoms. The number of benzene rings is 1. The third kappa shape index (κ3) is 1.01. The summed E-state index contributed by atoms with van der Waals surface area (Å²) in [5.41, 5.74) is 1.36. The average Bonchev–Trinajstić information content (AvgIpc) is 2.76. The second-order valence-corrected chi connectivity index (χ2v) is 5.19. The molecule has 3 heteroatoms. The van der Waals surface area contributed by atoms with Crippen molar-refractivity contribution in [1.82, 2.24) is 0 Å². The first kappa shape index (κ1) is 8.65. The molecule has 2 nitrogen and oxygen atoms in total. The summed E-state index contributed by atoms with van der Waals surface area (Å²) in [7, 11) is 0. The maximum absolute atomic E-state index is 2.43. The number of fused-ring (bicyclic) bond motifs is 2. The molecule has 1 aromatic heterocycles. The van der Waals surface area contributed by atoms with E-state index in [1.807, 2.05) is 11.8 Å². The fourth-order valence-corrected chi connectivity index (χ4v) is 3.63. The van der Waals surface area contributed by atoms with Crippen LogP contribution in [-0.2, 0) is 6.54 Å². The largest absolute Gasteiger partial charge is 0.296 e. The van der Waals surface area contributed by atoms with Gasteiger partial charge in [-0.2, -0.15) is 0 Å². The van der Waals surface area contributed by atoms with Crippen LogP contribution in [0.2, 0.25) is 0 Å². The number of hydrogen-bond acceptors (Lipinski definition) is 2. The summed E-state index contributed by atoms with van der Waals surface area (Å²) >= 11 is 1.88. The lowest BCUT2D eigenvalue weighted by molar-refractivity contribution is -0.672. The highest BCUT2D eigenvalue weighted by Gasteiger charge is 2.37. The number of hydrogen-bond donors (Lipinski definition) is 0. The molecule has 0 amide bonds. The predicted octanol–water partition coefficient (Wildman–Crippen LogP) is 2.59. The van der Waals surface area contributed by atoms with E-state index < -0.39 is 0 Å². The van der Waals surface area contributed by atoms with Crippen LogP contribution >= 0.6 is 11.8 Å². The van der Waals surface area contributed by atoms with Gasteiger partial charge in [0, 0.05) is 0 Å². The van der Waals surface area contributed by atoms with Crippen LogP contribution in [0.25, 0.3) is 0 Å². The molecule has 0 saturated heterocycles. The average molecular weight is 227 g/mol. The molecular formula is C13H11N2S+. The summed E-state index contributed by atoms with van der Waals surface area (Å²) in [6.07, 6.45) is 2.17. The quantitative estimate of drug-likeness (QED) is 0.639. The zero-order valence-corrected chi connectivity index (χ0v) is 9.57. The topological polar surface area (TPSA) is 7.12 Å². The molecule has 0 spiro atoms. The number of para-hydroxylation sites is 1. The van der Waals surface area contributed by atoms with Crippen molar-refractivity contribution in [3.8, 4) is 0 Å². The van der Waals surface area contributed by atoms with Gasteiger partial charge in [0.05, 0.1) is 11.1 Å².